The monoisotopic (exact) mass is 370 g/mol. The van der Waals surface area contributed by atoms with Gasteiger partial charge in [0.2, 0.25) is 6.79 Å². The standard InChI is InChI=1S/C15H18N2O9/c1-2-3-8-23-14(19)16-9-13(18)24-10-25-15(20)26-12-6-4-11(5-7-12)17(21)22/h4-7H,2-3,8-10H2,1H3,(H,16,19). The largest absolute Gasteiger partial charge is 0.516 e. The van der Waals surface area contributed by atoms with Crippen LogP contribution in [0.25, 0.3) is 0 Å². The SMILES string of the molecule is CCCCOC(=O)NCC(=O)OCOC(=O)Oc1ccc([N+](=O)[O-])cc1. The van der Waals surface area contributed by atoms with Crippen LogP contribution in [0.3, 0.4) is 0 Å². The minimum absolute atomic E-state index is 0.0171. The van der Waals surface area contributed by atoms with Crippen LogP contribution >= 0.6 is 0 Å². The number of amides is 1. The second kappa shape index (κ2) is 11.2. The number of nitro benzene ring substituents is 1. The molecule has 142 valence electrons. The summed E-state index contributed by atoms with van der Waals surface area (Å²) in [5.41, 5.74) is -0.166. The molecule has 0 aliphatic rings. The average molecular weight is 370 g/mol. The number of carbonyl (C=O) groups excluding carboxylic acids is 3. The molecule has 0 saturated carbocycles. The molecular formula is C15H18N2O9. The number of unbranched alkanes of at least 4 members (excludes halogenated alkanes) is 1. The Kier molecular flexibility index (Phi) is 8.93. The minimum Gasteiger partial charge on any atom is -0.450 e. The van der Waals surface area contributed by atoms with Gasteiger partial charge in [-0.15, -0.1) is 0 Å². The Morgan fingerprint density at radius 2 is 1.81 bits per heavy atom. The Bertz CT molecular complexity index is 631. The molecule has 0 heterocycles. The van der Waals surface area contributed by atoms with Gasteiger partial charge in [0.25, 0.3) is 5.69 Å². The zero-order valence-corrected chi connectivity index (χ0v) is 14.0. The van der Waals surface area contributed by atoms with E-state index in [0.29, 0.717) is 6.42 Å². The third-order valence-electron chi connectivity index (χ3n) is 2.75. The van der Waals surface area contributed by atoms with Crippen LogP contribution in [0.2, 0.25) is 0 Å². The molecule has 0 saturated heterocycles. The Morgan fingerprint density at radius 1 is 1.12 bits per heavy atom. The molecule has 0 radical (unpaired) electrons. The van der Waals surface area contributed by atoms with E-state index in [1.807, 2.05) is 6.92 Å². The second-order valence-corrected chi connectivity index (χ2v) is 4.72. The molecule has 11 heteroatoms. The molecule has 0 atom stereocenters. The summed E-state index contributed by atoms with van der Waals surface area (Å²) in [4.78, 5) is 43.8. The molecule has 0 fully saturated rings. The lowest BCUT2D eigenvalue weighted by Gasteiger charge is -2.08. The lowest BCUT2D eigenvalue weighted by atomic mass is 10.3. The van der Waals surface area contributed by atoms with Crippen molar-refractivity contribution in [2.45, 2.75) is 19.8 Å². The van der Waals surface area contributed by atoms with Crippen molar-refractivity contribution >= 4 is 23.9 Å². The van der Waals surface area contributed by atoms with Gasteiger partial charge in [0.15, 0.2) is 0 Å². The first kappa shape index (κ1) is 20.7. The molecule has 0 aliphatic heterocycles. The zero-order chi connectivity index (χ0) is 19.4. The average Bonchev–Trinajstić information content (AvgIpc) is 2.60. The smallest absolute Gasteiger partial charge is 0.450 e. The highest BCUT2D eigenvalue weighted by Crippen LogP contribution is 2.17. The maximum absolute atomic E-state index is 11.4. The maximum atomic E-state index is 11.4. The molecule has 0 bridgehead atoms. The zero-order valence-electron chi connectivity index (χ0n) is 14.0. The van der Waals surface area contributed by atoms with Crippen LogP contribution in [0.5, 0.6) is 5.75 Å². The van der Waals surface area contributed by atoms with E-state index >= 15 is 0 Å². The molecule has 1 aromatic rings. The van der Waals surface area contributed by atoms with E-state index in [9.17, 15) is 24.5 Å². The van der Waals surface area contributed by atoms with E-state index in [1.165, 1.54) is 12.1 Å². The quantitative estimate of drug-likeness (QED) is 0.173. The first-order valence-electron chi connectivity index (χ1n) is 7.57. The van der Waals surface area contributed by atoms with Gasteiger partial charge in [-0.3, -0.25) is 14.9 Å². The van der Waals surface area contributed by atoms with Gasteiger partial charge in [-0.1, -0.05) is 13.3 Å². The fraction of sp³-hybridized carbons (Fsp3) is 0.400. The summed E-state index contributed by atoms with van der Waals surface area (Å²) in [6.45, 7) is 1.00. The van der Waals surface area contributed by atoms with Crippen molar-refractivity contribution in [2.24, 2.45) is 0 Å². The number of alkyl carbamates (subject to hydrolysis) is 1. The second-order valence-electron chi connectivity index (χ2n) is 4.72. The van der Waals surface area contributed by atoms with Gasteiger partial charge >= 0.3 is 18.2 Å². The number of nitrogens with zero attached hydrogens (tertiary/aromatic N) is 1. The highest BCUT2D eigenvalue weighted by molar-refractivity contribution is 5.77. The number of carbonyl (C=O) groups is 3. The first-order chi connectivity index (χ1) is 12.4. The summed E-state index contributed by atoms with van der Waals surface area (Å²) in [6.07, 6.45) is -0.349. The number of rotatable bonds is 9. The van der Waals surface area contributed by atoms with Gasteiger partial charge in [0.05, 0.1) is 11.5 Å². The van der Waals surface area contributed by atoms with Gasteiger partial charge in [-0.2, -0.15) is 0 Å². The molecule has 1 amide bonds. The summed E-state index contributed by atoms with van der Waals surface area (Å²) >= 11 is 0. The van der Waals surface area contributed by atoms with Crippen LogP contribution in [0.4, 0.5) is 15.3 Å². The summed E-state index contributed by atoms with van der Waals surface area (Å²) in [7, 11) is 0. The van der Waals surface area contributed by atoms with E-state index in [2.05, 4.69) is 14.8 Å². The number of ether oxygens (including phenoxy) is 4. The Labute approximate surface area is 148 Å². The van der Waals surface area contributed by atoms with Gasteiger partial charge in [-0.05, 0) is 18.6 Å². The van der Waals surface area contributed by atoms with E-state index in [0.717, 1.165) is 18.6 Å². The highest BCUT2D eigenvalue weighted by Gasteiger charge is 2.11. The normalized spacial score (nSPS) is 9.73. The van der Waals surface area contributed by atoms with Crippen molar-refractivity contribution in [2.75, 3.05) is 19.9 Å². The first-order valence-corrected chi connectivity index (χ1v) is 7.57. The molecule has 1 aromatic carbocycles. The van der Waals surface area contributed by atoms with E-state index in [-0.39, 0.29) is 18.0 Å². The van der Waals surface area contributed by atoms with E-state index < -0.39 is 36.5 Å². The lowest BCUT2D eigenvalue weighted by molar-refractivity contribution is -0.384. The minimum atomic E-state index is -1.17. The Morgan fingerprint density at radius 3 is 2.42 bits per heavy atom. The fourth-order valence-electron chi connectivity index (χ4n) is 1.46. The number of non-ortho nitro benzene ring substituents is 1. The van der Waals surface area contributed by atoms with Gasteiger partial charge in [-0.25, -0.2) is 9.59 Å². The fourth-order valence-corrected chi connectivity index (χ4v) is 1.46. The summed E-state index contributed by atoms with van der Waals surface area (Å²) < 4.78 is 18.5. The summed E-state index contributed by atoms with van der Waals surface area (Å²) in [5.74, 6) is -0.830. The van der Waals surface area contributed by atoms with Gasteiger partial charge < -0.3 is 24.3 Å². The Balaban J connectivity index is 2.19. The number of hydrogen-bond acceptors (Lipinski definition) is 9. The van der Waals surface area contributed by atoms with Crippen molar-refractivity contribution in [3.05, 3.63) is 34.4 Å². The number of benzene rings is 1. The third kappa shape index (κ3) is 8.47. The van der Waals surface area contributed by atoms with E-state index in [1.54, 1.807) is 0 Å². The number of hydrogen-bond donors (Lipinski definition) is 1. The lowest BCUT2D eigenvalue weighted by Crippen LogP contribution is -2.32. The van der Waals surface area contributed by atoms with Crippen LogP contribution < -0.4 is 10.1 Å². The molecule has 0 aromatic heterocycles. The van der Waals surface area contributed by atoms with E-state index in [4.69, 9.17) is 9.47 Å². The third-order valence-corrected chi connectivity index (χ3v) is 2.75. The number of nitrogens with one attached hydrogen (secondary N) is 1. The predicted octanol–water partition coefficient (Wildman–Crippen LogP) is 2.14. The maximum Gasteiger partial charge on any atom is 0.516 e. The van der Waals surface area contributed by atoms with Crippen molar-refractivity contribution in [3.63, 3.8) is 0 Å². The Hall–Kier alpha value is -3.37. The van der Waals surface area contributed by atoms with Crippen LogP contribution in [0.1, 0.15) is 19.8 Å². The topological polar surface area (TPSA) is 143 Å². The summed E-state index contributed by atoms with van der Waals surface area (Å²) in [6, 6.07) is 4.71. The summed E-state index contributed by atoms with van der Waals surface area (Å²) in [5, 5.41) is 12.7. The predicted molar refractivity (Wildman–Crippen MR) is 85.4 cm³/mol. The molecule has 1 N–H and O–H groups in total. The van der Waals surface area contributed by atoms with Crippen molar-refractivity contribution in [3.8, 4) is 5.75 Å². The molecule has 1 rings (SSSR count). The van der Waals surface area contributed by atoms with Crippen LogP contribution in [-0.4, -0.2) is 43.1 Å². The van der Waals surface area contributed by atoms with Crippen molar-refractivity contribution < 1.29 is 38.3 Å². The van der Waals surface area contributed by atoms with Crippen LogP contribution in [-0.2, 0) is 19.0 Å². The van der Waals surface area contributed by atoms with Gasteiger partial charge in [0, 0.05) is 12.1 Å². The molecular weight excluding hydrogens is 352 g/mol. The van der Waals surface area contributed by atoms with Crippen LogP contribution in [0.15, 0.2) is 24.3 Å². The number of esters is 1. The molecule has 0 unspecified atom stereocenters. The molecule has 11 nitrogen and oxygen atoms in total. The molecule has 26 heavy (non-hydrogen) atoms. The van der Waals surface area contributed by atoms with Crippen LogP contribution in [0, 0.1) is 10.1 Å². The number of nitro groups is 1. The van der Waals surface area contributed by atoms with Crippen molar-refractivity contribution in [1.29, 1.82) is 0 Å². The molecule has 0 aliphatic carbocycles. The van der Waals surface area contributed by atoms with Gasteiger partial charge in [0.1, 0.15) is 12.3 Å². The highest BCUT2D eigenvalue weighted by atomic mass is 16.8. The van der Waals surface area contributed by atoms with Crippen molar-refractivity contribution in [1.82, 2.24) is 5.32 Å². The molecule has 0 spiro atoms.